The third-order valence-corrected chi connectivity index (χ3v) is 8.96. The SMILES string of the molecule is Nc1nc2c(ncn2[C@@H]2O[C@@H]3C(O)[C@]3(O)[C@H]2OP(O)(=S)OC[C@H]2O[C@@H](n3cnc4c(=O)[nH]cnc43)[C@@H](F)[C@@H]2O)c(=O)[nH]1. The Kier molecular flexibility index (Phi) is 6.16. The van der Waals surface area contributed by atoms with Crippen molar-refractivity contribution in [1.82, 2.24) is 39.0 Å². The molecule has 0 aromatic carbocycles. The van der Waals surface area contributed by atoms with E-state index in [2.05, 4.69) is 29.9 Å². The number of ether oxygens (including phenoxy) is 2. The summed E-state index contributed by atoms with van der Waals surface area (Å²) in [6, 6.07) is 0. The Bertz CT molecular complexity index is 1880. The molecule has 0 bridgehead atoms. The van der Waals surface area contributed by atoms with Crippen LogP contribution < -0.4 is 16.9 Å². The lowest BCUT2D eigenvalue weighted by molar-refractivity contribution is -0.0914. The van der Waals surface area contributed by atoms with Crippen LogP contribution in [0.4, 0.5) is 10.3 Å². The van der Waals surface area contributed by atoms with Gasteiger partial charge in [-0.05, 0) is 11.8 Å². The second-order valence-electron chi connectivity index (χ2n) is 9.90. The van der Waals surface area contributed by atoms with Crippen LogP contribution in [-0.2, 0) is 30.3 Å². The van der Waals surface area contributed by atoms with Crippen molar-refractivity contribution in [3.8, 4) is 0 Å². The molecule has 8 N–H and O–H groups in total. The molecule has 19 nitrogen and oxygen atoms in total. The molecule has 0 amide bonds. The number of hydrogen-bond donors (Lipinski definition) is 7. The minimum absolute atomic E-state index is 0.0131. The van der Waals surface area contributed by atoms with E-state index in [1.54, 1.807) is 0 Å². The number of anilines is 1. The first kappa shape index (κ1) is 27.6. The van der Waals surface area contributed by atoms with Gasteiger partial charge in [-0.15, -0.1) is 0 Å². The number of alkyl halides is 1. The van der Waals surface area contributed by atoms with Crippen molar-refractivity contribution in [1.29, 1.82) is 0 Å². The maximum Gasteiger partial charge on any atom is 0.325 e. The molecule has 2 saturated heterocycles. The van der Waals surface area contributed by atoms with E-state index in [1.807, 2.05) is 0 Å². The van der Waals surface area contributed by atoms with Crippen LogP contribution in [0, 0.1) is 0 Å². The number of nitrogen functional groups attached to an aromatic ring is 1. The van der Waals surface area contributed by atoms with E-state index >= 15 is 4.39 Å². The molecule has 224 valence electrons. The van der Waals surface area contributed by atoms with Gasteiger partial charge in [0.25, 0.3) is 11.1 Å². The maximum atomic E-state index is 15.1. The number of aliphatic hydroxyl groups excluding tert-OH is 2. The Morgan fingerprint density at radius 2 is 1.81 bits per heavy atom. The van der Waals surface area contributed by atoms with E-state index in [-0.39, 0.29) is 28.3 Å². The minimum Gasteiger partial charge on any atom is -0.387 e. The van der Waals surface area contributed by atoms with E-state index in [4.69, 9.17) is 36.1 Å². The molecule has 3 aliphatic rings. The maximum absolute atomic E-state index is 15.1. The van der Waals surface area contributed by atoms with Gasteiger partial charge < -0.3 is 44.9 Å². The number of nitrogens with one attached hydrogen (secondary N) is 2. The number of rotatable bonds is 7. The van der Waals surface area contributed by atoms with Crippen molar-refractivity contribution in [2.24, 2.45) is 0 Å². The molecule has 0 spiro atoms. The summed E-state index contributed by atoms with van der Waals surface area (Å²) in [6.07, 6.45) is -8.55. The van der Waals surface area contributed by atoms with Gasteiger partial charge in [0.05, 0.1) is 25.6 Å². The minimum atomic E-state index is -4.32. The Labute approximate surface area is 235 Å². The van der Waals surface area contributed by atoms with Crippen molar-refractivity contribution >= 4 is 46.8 Å². The molecule has 2 unspecified atom stereocenters. The first-order chi connectivity index (χ1) is 19.9. The van der Waals surface area contributed by atoms with Crippen LogP contribution in [0.15, 0.2) is 28.6 Å². The molecule has 1 aliphatic carbocycles. The zero-order chi connectivity index (χ0) is 29.7. The molecule has 6 heterocycles. The summed E-state index contributed by atoms with van der Waals surface area (Å²) < 4.78 is 39.7. The van der Waals surface area contributed by atoms with Gasteiger partial charge in [-0.2, -0.15) is 4.98 Å². The lowest BCUT2D eigenvalue weighted by Gasteiger charge is -2.30. The molecule has 2 aliphatic heterocycles. The van der Waals surface area contributed by atoms with Gasteiger partial charge in [-0.3, -0.25) is 28.2 Å². The van der Waals surface area contributed by atoms with Crippen LogP contribution in [0.25, 0.3) is 22.3 Å². The number of aromatic nitrogens is 8. The molecule has 22 heteroatoms. The van der Waals surface area contributed by atoms with E-state index in [0.717, 1.165) is 17.2 Å². The van der Waals surface area contributed by atoms with Gasteiger partial charge in [-0.1, -0.05) is 0 Å². The number of nitrogens with zero attached hydrogens (tertiary/aromatic N) is 6. The first-order valence-corrected chi connectivity index (χ1v) is 14.8. The third kappa shape index (κ3) is 4.05. The van der Waals surface area contributed by atoms with Crippen molar-refractivity contribution in [3.05, 3.63) is 39.7 Å². The number of aliphatic hydroxyl groups is 3. The molecule has 7 rings (SSSR count). The number of H-pyrrole nitrogens is 2. The highest BCUT2D eigenvalue weighted by atomic mass is 32.5. The second kappa shape index (κ2) is 9.38. The summed E-state index contributed by atoms with van der Waals surface area (Å²) in [5, 5.41) is 31.7. The van der Waals surface area contributed by atoms with Crippen LogP contribution >= 0.6 is 6.72 Å². The Morgan fingerprint density at radius 1 is 1.12 bits per heavy atom. The van der Waals surface area contributed by atoms with E-state index in [0.29, 0.717) is 0 Å². The highest BCUT2D eigenvalue weighted by Gasteiger charge is 2.78. The Hall–Kier alpha value is -3.24. The summed E-state index contributed by atoms with van der Waals surface area (Å²) in [7, 11) is 0. The van der Waals surface area contributed by atoms with Crippen molar-refractivity contribution in [3.63, 3.8) is 0 Å². The van der Waals surface area contributed by atoms with E-state index in [9.17, 15) is 29.8 Å². The molecule has 42 heavy (non-hydrogen) atoms. The number of imidazole rings is 2. The summed E-state index contributed by atoms with van der Waals surface area (Å²) in [6.45, 7) is -4.98. The predicted molar refractivity (Wildman–Crippen MR) is 138 cm³/mol. The molecule has 1 saturated carbocycles. The fourth-order valence-corrected chi connectivity index (χ4v) is 6.66. The van der Waals surface area contributed by atoms with E-state index < -0.39 is 79.2 Å². The molecule has 4 aromatic rings. The van der Waals surface area contributed by atoms with Gasteiger partial charge >= 0.3 is 6.72 Å². The van der Waals surface area contributed by atoms with Crippen molar-refractivity contribution in [2.45, 2.75) is 54.7 Å². The number of aromatic amines is 2. The molecule has 0 radical (unpaired) electrons. The first-order valence-electron chi connectivity index (χ1n) is 12.2. The molecule has 10 atom stereocenters. The number of nitrogens with two attached hydrogens (primary N) is 1. The van der Waals surface area contributed by atoms with Crippen LogP contribution in [0.5, 0.6) is 0 Å². The number of halogens is 1. The molecule has 4 aromatic heterocycles. The zero-order valence-electron chi connectivity index (χ0n) is 20.8. The fraction of sp³-hybridized carbons (Fsp3) is 0.500. The average molecular weight is 629 g/mol. The normalized spacial score (nSPS) is 35.5. The Morgan fingerprint density at radius 3 is 2.55 bits per heavy atom. The number of hydrogen-bond acceptors (Lipinski definition) is 15. The third-order valence-electron chi connectivity index (χ3n) is 7.41. The molecular weight excluding hydrogens is 608 g/mol. The summed E-state index contributed by atoms with van der Waals surface area (Å²) >= 11 is 5.11. The predicted octanol–water partition coefficient (Wildman–Crippen LogP) is -2.95. The number of fused-ring (bicyclic) bond motifs is 3. The smallest absolute Gasteiger partial charge is 0.325 e. The monoisotopic (exact) mass is 629 g/mol. The van der Waals surface area contributed by atoms with Gasteiger partial charge in [0.2, 0.25) is 5.95 Å². The zero-order valence-corrected chi connectivity index (χ0v) is 22.5. The standard InChI is InChI=1S/C20H21FN9O10PS/c21-6-9(31)5(38-17(6)29-3-25-7-13(29)23-2-24-15(7)33)1-37-41(36,42)40-12-18(39-11-10(32)20(11,12)35)30-4-26-8-14(30)27-19(22)28-16(8)34/h2-6,9-12,17-18,31-32,35H,1H2,(H,36,42)(H,23,24,33)(H3,22,27,28,34)/t5-,6+,9-,10?,11-,12+,17-,18-,20-,41?/m1/s1. The average Bonchev–Trinajstić information content (AvgIpc) is 3.47. The largest absolute Gasteiger partial charge is 0.387 e. The lowest BCUT2D eigenvalue weighted by atomic mass is 10.1. The topological polar surface area (TPSA) is 271 Å². The summed E-state index contributed by atoms with van der Waals surface area (Å²) in [5.74, 6) is -0.227. The summed E-state index contributed by atoms with van der Waals surface area (Å²) in [4.78, 5) is 55.5. The van der Waals surface area contributed by atoms with Gasteiger partial charge in [0.1, 0.15) is 30.5 Å². The van der Waals surface area contributed by atoms with Crippen LogP contribution in [-0.4, -0.2) is 108 Å². The van der Waals surface area contributed by atoms with Crippen molar-refractivity contribution in [2.75, 3.05) is 12.3 Å². The Balaban J connectivity index is 1.10. The molecular formula is C20H21FN9O10PS. The van der Waals surface area contributed by atoms with Gasteiger partial charge in [0.15, 0.2) is 46.6 Å². The van der Waals surface area contributed by atoms with Crippen LogP contribution in [0.1, 0.15) is 12.5 Å². The van der Waals surface area contributed by atoms with Crippen LogP contribution in [0.2, 0.25) is 0 Å². The fourth-order valence-electron chi connectivity index (χ4n) is 5.24. The van der Waals surface area contributed by atoms with Gasteiger partial charge in [0, 0.05) is 0 Å². The second-order valence-corrected chi connectivity index (χ2v) is 12.7. The van der Waals surface area contributed by atoms with E-state index in [1.165, 1.54) is 10.9 Å². The highest BCUT2D eigenvalue weighted by molar-refractivity contribution is 8.07. The lowest BCUT2D eigenvalue weighted by Crippen LogP contribution is -2.39. The van der Waals surface area contributed by atoms with Crippen LogP contribution in [0.3, 0.4) is 0 Å². The summed E-state index contributed by atoms with van der Waals surface area (Å²) in [5.41, 5.74) is 2.23. The molecule has 3 fully saturated rings. The highest BCUT2D eigenvalue weighted by Crippen LogP contribution is 2.60. The van der Waals surface area contributed by atoms with Crippen molar-refractivity contribution < 1.29 is 43.1 Å². The quantitative estimate of drug-likeness (QED) is 0.101. The van der Waals surface area contributed by atoms with Gasteiger partial charge in [-0.25, -0.2) is 19.3 Å².